The molecule has 2 saturated carbocycles. The second kappa shape index (κ2) is 8.74. The molecule has 1 aliphatic heterocycles. The Morgan fingerprint density at radius 2 is 1.78 bits per heavy atom. The Morgan fingerprint density at radius 1 is 1.06 bits per heavy atom. The SMILES string of the molecule is Cc1cc(CN2C[C@H]3CC(Nc4ccc(S(=O)(=O)C5CCCCC5)nn4)C[C@@H]3C2)nn1C. The Bertz CT molecular complexity index is 1010. The van der Waals surface area contributed by atoms with Crippen molar-refractivity contribution in [3.8, 4) is 0 Å². The number of likely N-dealkylation sites (tertiary alicyclic amines) is 1. The van der Waals surface area contributed by atoms with Gasteiger partial charge in [-0.15, -0.1) is 10.2 Å². The molecule has 32 heavy (non-hydrogen) atoms. The number of hydrogen-bond donors (Lipinski definition) is 1. The smallest absolute Gasteiger partial charge is 0.200 e. The Balaban J connectivity index is 1.14. The molecule has 0 bridgehead atoms. The van der Waals surface area contributed by atoms with Gasteiger partial charge in [0.05, 0.1) is 10.9 Å². The normalized spacial score (nSPS) is 25.3. The first-order valence-electron chi connectivity index (χ1n) is 11.9. The minimum atomic E-state index is -3.37. The van der Waals surface area contributed by atoms with Crippen LogP contribution in [0.15, 0.2) is 23.2 Å². The number of hydrogen-bond acceptors (Lipinski definition) is 7. The first kappa shape index (κ1) is 21.8. The van der Waals surface area contributed by atoms with Gasteiger partial charge in [0.2, 0.25) is 0 Å². The third-order valence-electron chi connectivity index (χ3n) is 7.65. The first-order valence-corrected chi connectivity index (χ1v) is 13.5. The number of nitrogens with zero attached hydrogens (tertiary/aromatic N) is 5. The van der Waals surface area contributed by atoms with Crippen molar-refractivity contribution in [2.45, 2.75) is 74.7 Å². The van der Waals surface area contributed by atoms with Crippen molar-refractivity contribution in [1.29, 1.82) is 0 Å². The average molecular weight is 459 g/mol. The number of aromatic nitrogens is 4. The maximum absolute atomic E-state index is 12.8. The van der Waals surface area contributed by atoms with Gasteiger partial charge in [-0.05, 0) is 62.6 Å². The maximum Gasteiger partial charge on any atom is 0.200 e. The molecule has 0 amide bonds. The fourth-order valence-electron chi connectivity index (χ4n) is 5.89. The van der Waals surface area contributed by atoms with Crippen LogP contribution in [0.3, 0.4) is 0 Å². The topological polar surface area (TPSA) is 93.0 Å². The minimum absolute atomic E-state index is 0.124. The second-order valence-electron chi connectivity index (χ2n) is 9.99. The molecule has 3 heterocycles. The van der Waals surface area contributed by atoms with E-state index in [0.29, 0.717) is 23.7 Å². The summed E-state index contributed by atoms with van der Waals surface area (Å²) in [4.78, 5) is 2.53. The summed E-state index contributed by atoms with van der Waals surface area (Å²) in [5, 5.41) is 16.2. The van der Waals surface area contributed by atoms with Crippen LogP contribution < -0.4 is 5.32 Å². The standard InChI is InChI=1S/C23H34N6O2S/c1-16-10-20(27-28(16)2)15-29-13-17-11-19(12-18(17)14-29)24-22-8-9-23(26-25-22)32(30,31)21-6-4-3-5-7-21/h8-10,17-19,21H,3-7,11-15H2,1-2H3,(H,24,25)/t17-,18-/m1/s1. The molecule has 2 aromatic rings. The zero-order chi connectivity index (χ0) is 22.3. The van der Waals surface area contributed by atoms with Crippen LogP contribution in [0.1, 0.15) is 56.3 Å². The molecular weight excluding hydrogens is 424 g/mol. The molecule has 5 rings (SSSR count). The third-order valence-corrected chi connectivity index (χ3v) is 9.80. The summed E-state index contributed by atoms with van der Waals surface area (Å²) in [5.41, 5.74) is 2.35. The molecule has 3 aliphatic rings. The van der Waals surface area contributed by atoms with E-state index in [2.05, 4.69) is 38.5 Å². The van der Waals surface area contributed by atoms with E-state index in [0.717, 1.165) is 70.3 Å². The Morgan fingerprint density at radius 3 is 2.38 bits per heavy atom. The van der Waals surface area contributed by atoms with E-state index < -0.39 is 9.84 Å². The molecule has 2 aromatic heterocycles. The van der Waals surface area contributed by atoms with Crippen LogP contribution >= 0.6 is 0 Å². The molecule has 0 aromatic carbocycles. The van der Waals surface area contributed by atoms with Gasteiger partial charge in [0, 0.05) is 38.4 Å². The number of fused-ring (bicyclic) bond motifs is 1. The molecule has 0 unspecified atom stereocenters. The van der Waals surface area contributed by atoms with Crippen molar-refractivity contribution in [2.24, 2.45) is 18.9 Å². The largest absolute Gasteiger partial charge is 0.366 e. The summed E-state index contributed by atoms with van der Waals surface area (Å²) in [5.74, 6) is 2.06. The van der Waals surface area contributed by atoms with Crippen molar-refractivity contribution >= 4 is 15.7 Å². The monoisotopic (exact) mass is 458 g/mol. The highest BCUT2D eigenvalue weighted by atomic mass is 32.2. The lowest BCUT2D eigenvalue weighted by molar-refractivity contribution is 0.296. The van der Waals surface area contributed by atoms with Gasteiger partial charge in [-0.3, -0.25) is 9.58 Å². The van der Waals surface area contributed by atoms with E-state index >= 15 is 0 Å². The van der Waals surface area contributed by atoms with Crippen molar-refractivity contribution in [3.63, 3.8) is 0 Å². The van der Waals surface area contributed by atoms with Crippen LogP contribution in [0.5, 0.6) is 0 Å². The van der Waals surface area contributed by atoms with Gasteiger partial charge in [0.1, 0.15) is 5.82 Å². The van der Waals surface area contributed by atoms with Crippen molar-refractivity contribution in [2.75, 3.05) is 18.4 Å². The van der Waals surface area contributed by atoms with Crippen LogP contribution in [0, 0.1) is 18.8 Å². The summed E-state index contributed by atoms with van der Waals surface area (Å²) in [6.45, 7) is 5.24. The molecule has 1 saturated heterocycles. The summed E-state index contributed by atoms with van der Waals surface area (Å²) >= 11 is 0. The van der Waals surface area contributed by atoms with E-state index in [4.69, 9.17) is 0 Å². The van der Waals surface area contributed by atoms with Crippen LogP contribution in [0.4, 0.5) is 5.82 Å². The van der Waals surface area contributed by atoms with Gasteiger partial charge in [0.25, 0.3) is 0 Å². The van der Waals surface area contributed by atoms with Crippen LogP contribution in [-0.2, 0) is 23.4 Å². The van der Waals surface area contributed by atoms with Crippen LogP contribution in [-0.4, -0.2) is 57.7 Å². The number of aryl methyl sites for hydroxylation is 2. The summed E-state index contributed by atoms with van der Waals surface area (Å²) in [7, 11) is -1.37. The van der Waals surface area contributed by atoms with E-state index in [1.54, 1.807) is 12.1 Å². The highest BCUT2D eigenvalue weighted by Crippen LogP contribution is 2.39. The Labute approximate surface area is 190 Å². The van der Waals surface area contributed by atoms with Gasteiger partial charge >= 0.3 is 0 Å². The van der Waals surface area contributed by atoms with Gasteiger partial charge < -0.3 is 5.32 Å². The number of rotatable bonds is 6. The van der Waals surface area contributed by atoms with Gasteiger partial charge in [-0.1, -0.05) is 19.3 Å². The number of anilines is 1. The molecule has 174 valence electrons. The van der Waals surface area contributed by atoms with E-state index in [1.165, 1.54) is 5.69 Å². The number of nitrogens with one attached hydrogen (secondary N) is 1. The van der Waals surface area contributed by atoms with Crippen LogP contribution in [0.2, 0.25) is 0 Å². The Hall–Kier alpha value is -2.00. The fraction of sp³-hybridized carbons (Fsp3) is 0.696. The quantitative estimate of drug-likeness (QED) is 0.711. The highest BCUT2D eigenvalue weighted by Gasteiger charge is 2.41. The van der Waals surface area contributed by atoms with Gasteiger partial charge in [-0.2, -0.15) is 5.10 Å². The van der Waals surface area contributed by atoms with Crippen molar-refractivity contribution < 1.29 is 8.42 Å². The van der Waals surface area contributed by atoms with Gasteiger partial charge in [-0.25, -0.2) is 8.42 Å². The molecule has 0 radical (unpaired) electrons. The zero-order valence-corrected chi connectivity index (χ0v) is 19.9. The lowest BCUT2D eigenvalue weighted by Crippen LogP contribution is -2.26. The summed E-state index contributed by atoms with van der Waals surface area (Å²) in [6.07, 6.45) is 6.82. The maximum atomic E-state index is 12.8. The predicted octanol–water partition coefficient (Wildman–Crippen LogP) is 2.95. The summed E-state index contributed by atoms with van der Waals surface area (Å²) in [6, 6.07) is 5.97. The van der Waals surface area contributed by atoms with Gasteiger partial charge in [0.15, 0.2) is 14.9 Å². The van der Waals surface area contributed by atoms with Crippen molar-refractivity contribution in [3.05, 3.63) is 29.6 Å². The first-order chi connectivity index (χ1) is 15.4. The Kier molecular flexibility index (Phi) is 5.96. The fourth-order valence-corrected chi connectivity index (χ4v) is 7.60. The molecule has 0 spiro atoms. The second-order valence-corrected chi connectivity index (χ2v) is 12.2. The van der Waals surface area contributed by atoms with Crippen molar-refractivity contribution in [1.82, 2.24) is 24.9 Å². The third kappa shape index (κ3) is 4.41. The van der Waals surface area contributed by atoms with E-state index in [9.17, 15) is 8.42 Å². The van der Waals surface area contributed by atoms with E-state index in [1.807, 2.05) is 11.7 Å². The molecule has 2 aliphatic carbocycles. The molecule has 9 heteroatoms. The molecule has 1 N–H and O–H groups in total. The molecule has 2 atom stereocenters. The average Bonchev–Trinajstić information content (AvgIpc) is 3.42. The lowest BCUT2D eigenvalue weighted by atomic mass is 10.0. The molecular formula is C23H34N6O2S. The summed E-state index contributed by atoms with van der Waals surface area (Å²) < 4.78 is 27.6. The highest BCUT2D eigenvalue weighted by molar-refractivity contribution is 7.92. The van der Waals surface area contributed by atoms with E-state index in [-0.39, 0.29) is 10.3 Å². The molecule has 3 fully saturated rings. The zero-order valence-electron chi connectivity index (χ0n) is 19.1. The van der Waals surface area contributed by atoms with Crippen LogP contribution in [0.25, 0.3) is 0 Å². The predicted molar refractivity (Wildman–Crippen MR) is 123 cm³/mol. The number of sulfone groups is 1. The minimum Gasteiger partial charge on any atom is -0.366 e. The molecule has 8 nitrogen and oxygen atoms in total. The lowest BCUT2D eigenvalue weighted by Gasteiger charge is -2.21.